The van der Waals surface area contributed by atoms with Gasteiger partial charge in [-0.1, -0.05) is 111 Å². The van der Waals surface area contributed by atoms with Crippen LogP contribution in [0.15, 0.2) is 0 Å². The highest BCUT2D eigenvalue weighted by Crippen LogP contribution is 2.19. The molecule has 0 fully saturated rings. The second-order valence-corrected chi connectivity index (χ2v) is 8.32. The molecule has 1 N–H and O–H groups in total. The zero-order valence-electron chi connectivity index (χ0n) is 18.9. The molecule has 0 rings (SSSR count). The average molecular weight is 382 g/mol. The molecule has 2 heteroatoms. The Hall–Kier alpha value is -0.370. The van der Waals surface area contributed by atoms with E-state index in [1.54, 1.807) is 0 Å². The molecule has 27 heavy (non-hydrogen) atoms. The minimum absolute atomic E-state index is 0.233. The number of carbonyl (C=O) groups excluding carboxylic acids is 1. The molecule has 0 saturated heterocycles. The fourth-order valence-electron chi connectivity index (χ4n) is 3.88. The molecule has 0 aliphatic carbocycles. The van der Waals surface area contributed by atoms with Crippen molar-refractivity contribution in [3.05, 3.63) is 5.92 Å². The highest BCUT2D eigenvalue weighted by molar-refractivity contribution is 5.79. The van der Waals surface area contributed by atoms with E-state index in [1.807, 2.05) is 0 Å². The monoisotopic (exact) mass is 381 g/mol. The first-order valence-corrected chi connectivity index (χ1v) is 12.2. The molecular formula is C25H49O2. The summed E-state index contributed by atoms with van der Waals surface area (Å²) in [5.41, 5.74) is 0. The number of ketones is 1. The number of unbranched alkanes of at least 4 members (excludes halogenated alkanes) is 14. The minimum Gasteiger partial charge on any atom is -0.392 e. The Morgan fingerprint density at radius 1 is 0.630 bits per heavy atom. The Bertz CT molecular complexity index is 309. The van der Waals surface area contributed by atoms with E-state index >= 15 is 0 Å². The number of rotatable bonds is 21. The van der Waals surface area contributed by atoms with Gasteiger partial charge in [-0.2, -0.15) is 0 Å². The summed E-state index contributed by atoms with van der Waals surface area (Å²) in [5.74, 6) is 1.34. The fourth-order valence-corrected chi connectivity index (χ4v) is 3.88. The summed E-state index contributed by atoms with van der Waals surface area (Å²) in [4.78, 5) is 12.0. The van der Waals surface area contributed by atoms with Gasteiger partial charge in [-0.3, -0.25) is 4.79 Å². The van der Waals surface area contributed by atoms with Crippen molar-refractivity contribution in [2.45, 2.75) is 149 Å². The van der Waals surface area contributed by atoms with E-state index in [1.165, 1.54) is 83.5 Å². The largest absolute Gasteiger partial charge is 0.392 e. The van der Waals surface area contributed by atoms with Crippen LogP contribution >= 0.6 is 0 Å². The number of carbonyl (C=O) groups is 1. The van der Waals surface area contributed by atoms with Crippen molar-refractivity contribution in [1.82, 2.24) is 0 Å². The van der Waals surface area contributed by atoms with Crippen molar-refractivity contribution >= 4 is 5.78 Å². The van der Waals surface area contributed by atoms with Crippen molar-refractivity contribution in [3.63, 3.8) is 0 Å². The first kappa shape index (κ1) is 26.6. The van der Waals surface area contributed by atoms with Crippen LogP contribution in [0.3, 0.4) is 0 Å². The van der Waals surface area contributed by atoms with Crippen LogP contribution in [0.25, 0.3) is 0 Å². The number of hydrogen-bond acceptors (Lipinski definition) is 2. The number of Topliss-reactive ketones (excluding diaryl/α,β-unsaturated/α-hetero) is 1. The first-order valence-electron chi connectivity index (χ1n) is 12.2. The molecule has 161 valence electrons. The SMILES string of the molecule is CCCCCCCCCCCCCCCCCC(=O)CC(O)[C](CC)CC. The molecule has 1 atom stereocenters. The Balaban J connectivity index is 3.30. The van der Waals surface area contributed by atoms with Crippen molar-refractivity contribution < 1.29 is 9.90 Å². The normalized spacial score (nSPS) is 12.6. The van der Waals surface area contributed by atoms with E-state index in [4.69, 9.17) is 0 Å². The van der Waals surface area contributed by atoms with Gasteiger partial charge in [0.1, 0.15) is 5.78 Å². The highest BCUT2D eigenvalue weighted by atomic mass is 16.3. The fraction of sp³-hybridized carbons (Fsp3) is 0.920. The van der Waals surface area contributed by atoms with Gasteiger partial charge in [0.25, 0.3) is 0 Å². The molecular weight excluding hydrogens is 332 g/mol. The van der Waals surface area contributed by atoms with Gasteiger partial charge in [0, 0.05) is 18.8 Å². The molecule has 1 unspecified atom stereocenters. The summed E-state index contributed by atoms with van der Waals surface area (Å²) >= 11 is 0. The topological polar surface area (TPSA) is 37.3 Å². The van der Waals surface area contributed by atoms with Crippen LogP contribution in [-0.4, -0.2) is 17.0 Å². The second kappa shape index (κ2) is 20.4. The van der Waals surface area contributed by atoms with Gasteiger partial charge < -0.3 is 5.11 Å². The van der Waals surface area contributed by atoms with E-state index in [0.29, 0.717) is 12.8 Å². The lowest BCUT2D eigenvalue weighted by atomic mass is 9.92. The Kier molecular flexibility index (Phi) is 20.1. The van der Waals surface area contributed by atoms with Crippen molar-refractivity contribution in [2.24, 2.45) is 0 Å². The van der Waals surface area contributed by atoms with E-state index in [2.05, 4.69) is 20.8 Å². The van der Waals surface area contributed by atoms with Crippen LogP contribution in [0.2, 0.25) is 0 Å². The van der Waals surface area contributed by atoms with Gasteiger partial charge in [0.15, 0.2) is 0 Å². The van der Waals surface area contributed by atoms with Crippen LogP contribution in [-0.2, 0) is 4.79 Å². The summed E-state index contributed by atoms with van der Waals surface area (Å²) in [6.45, 7) is 6.39. The molecule has 1 radical (unpaired) electrons. The lowest BCUT2D eigenvalue weighted by Crippen LogP contribution is -2.21. The molecule has 0 aromatic heterocycles. The third-order valence-electron chi connectivity index (χ3n) is 5.86. The summed E-state index contributed by atoms with van der Waals surface area (Å²) in [7, 11) is 0. The van der Waals surface area contributed by atoms with E-state index in [0.717, 1.165) is 31.6 Å². The Labute approximate surface area is 170 Å². The van der Waals surface area contributed by atoms with Gasteiger partial charge in [-0.25, -0.2) is 0 Å². The summed E-state index contributed by atoms with van der Waals surface area (Å²) < 4.78 is 0. The molecule has 0 aliphatic rings. The molecule has 0 amide bonds. The summed E-state index contributed by atoms with van der Waals surface area (Å²) in [6.07, 6.45) is 22.4. The molecule has 0 heterocycles. The molecule has 0 bridgehead atoms. The number of aliphatic hydroxyl groups excluding tert-OH is 1. The summed E-state index contributed by atoms with van der Waals surface area (Å²) in [6, 6.07) is 0. The van der Waals surface area contributed by atoms with Gasteiger partial charge in [-0.15, -0.1) is 0 Å². The van der Waals surface area contributed by atoms with Crippen LogP contribution < -0.4 is 0 Å². The third-order valence-corrected chi connectivity index (χ3v) is 5.86. The zero-order chi connectivity index (χ0) is 20.2. The van der Waals surface area contributed by atoms with Crippen LogP contribution in [0.4, 0.5) is 0 Å². The lowest BCUT2D eigenvalue weighted by molar-refractivity contribution is -0.120. The number of aliphatic hydroxyl groups is 1. The van der Waals surface area contributed by atoms with Crippen molar-refractivity contribution in [1.29, 1.82) is 0 Å². The second-order valence-electron chi connectivity index (χ2n) is 8.32. The van der Waals surface area contributed by atoms with Crippen LogP contribution in [0.5, 0.6) is 0 Å². The predicted molar refractivity (Wildman–Crippen MR) is 119 cm³/mol. The Morgan fingerprint density at radius 3 is 1.37 bits per heavy atom. The van der Waals surface area contributed by atoms with Crippen molar-refractivity contribution in [3.8, 4) is 0 Å². The molecule has 0 aromatic carbocycles. The standard InChI is InChI=1S/C25H49O2/c1-4-7-8-9-10-11-12-13-14-15-16-17-18-19-20-21-24(26)22-25(27)23(5-2)6-3/h25,27H,4-22H2,1-3H3. The predicted octanol–water partition coefficient (Wildman–Crippen LogP) is 7.96. The van der Waals surface area contributed by atoms with E-state index in [9.17, 15) is 9.90 Å². The third kappa shape index (κ3) is 17.5. The van der Waals surface area contributed by atoms with Crippen molar-refractivity contribution in [2.75, 3.05) is 0 Å². The maximum absolute atomic E-state index is 12.0. The molecule has 2 nitrogen and oxygen atoms in total. The zero-order valence-corrected chi connectivity index (χ0v) is 18.9. The quantitative estimate of drug-likeness (QED) is 0.205. The minimum atomic E-state index is -0.510. The first-order chi connectivity index (χ1) is 13.2. The lowest BCUT2D eigenvalue weighted by Gasteiger charge is -2.18. The maximum Gasteiger partial charge on any atom is 0.135 e. The Morgan fingerprint density at radius 2 is 1.00 bits per heavy atom. The summed E-state index contributed by atoms with van der Waals surface area (Å²) in [5, 5.41) is 10.0. The smallest absolute Gasteiger partial charge is 0.135 e. The highest BCUT2D eigenvalue weighted by Gasteiger charge is 2.18. The molecule has 0 spiro atoms. The number of hydrogen-bond donors (Lipinski definition) is 1. The molecule has 0 saturated carbocycles. The average Bonchev–Trinajstić information content (AvgIpc) is 2.65. The van der Waals surface area contributed by atoms with Gasteiger partial charge >= 0.3 is 0 Å². The van der Waals surface area contributed by atoms with Gasteiger partial charge in [0.2, 0.25) is 0 Å². The van der Waals surface area contributed by atoms with Crippen LogP contribution in [0.1, 0.15) is 143 Å². The maximum atomic E-state index is 12.0. The molecule has 0 aromatic rings. The van der Waals surface area contributed by atoms with Gasteiger partial charge in [0.05, 0.1) is 6.10 Å². The van der Waals surface area contributed by atoms with Crippen LogP contribution in [0, 0.1) is 5.92 Å². The molecule has 0 aliphatic heterocycles. The van der Waals surface area contributed by atoms with Gasteiger partial charge in [-0.05, 0) is 19.3 Å². The van der Waals surface area contributed by atoms with E-state index in [-0.39, 0.29) is 5.78 Å². The van der Waals surface area contributed by atoms with E-state index < -0.39 is 6.10 Å².